The third-order valence-electron chi connectivity index (χ3n) is 0.425. The van der Waals surface area contributed by atoms with Crippen molar-refractivity contribution in [1.29, 1.82) is 0 Å². The van der Waals surface area contributed by atoms with Crippen LogP contribution < -0.4 is 5.48 Å². The van der Waals surface area contributed by atoms with Crippen LogP contribution in [0.2, 0.25) is 0 Å². The number of alkyl halides is 2. The number of halogens is 2. The van der Waals surface area contributed by atoms with Gasteiger partial charge in [-0.15, -0.1) is 0 Å². The first kappa shape index (κ1) is 8.29. The Labute approximate surface area is 50.9 Å². The quantitative estimate of drug-likeness (QED) is 0.572. The summed E-state index contributed by atoms with van der Waals surface area (Å²) in [5.41, 5.74) is 1.76. The summed E-state index contributed by atoms with van der Waals surface area (Å²) in [5, 5.41) is 0. The van der Waals surface area contributed by atoms with E-state index < -0.39 is 18.9 Å². The van der Waals surface area contributed by atoms with Gasteiger partial charge in [0.05, 0.1) is 0 Å². The fourth-order valence-corrected chi connectivity index (χ4v) is 0.206. The Balaban J connectivity index is 3.01. The fraction of sp³-hybridized carbons (Fsp3) is 0.750. The zero-order valence-corrected chi connectivity index (χ0v) is 4.86. The third kappa shape index (κ3) is 7.29. The second-order valence-electron chi connectivity index (χ2n) is 1.36. The van der Waals surface area contributed by atoms with Gasteiger partial charge in [-0.3, -0.25) is 9.63 Å². The van der Waals surface area contributed by atoms with Crippen LogP contribution in [-0.2, 0) is 9.63 Å². The molecule has 1 amide bonds. The summed E-state index contributed by atoms with van der Waals surface area (Å²) < 4.78 is 22.4. The number of hydrogen-bond donors (Lipinski definition) is 1. The maximum Gasteiger partial charge on any atom is 0.264 e. The van der Waals surface area contributed by atoms with E-state index in [4.69, 9.17) is 0 Å². The molecule has 0 fully saturated rings. The zero-order valence-electron chi connectivity index (χ0n) is 4.86. The minimum Gasteiger partial charge on any atom is -0.273 e. The highest BCUT2D eigenvalue weighted by molar-refractivity contribution is 5.71. The summed E-state index contributed by atoms with van der Waals surface area (Å²) in [6, 6.07) is 0. The van der Waals surface area contributed by atoms with E-state index in [9.17, 15) is 13.6 Å². The number of nitrogens with one attached hydrogen (secondary N) is 1. The predicted molar refractivity (Wildman–Crippen MR) is 25.8 cm³/mol. The first-order valence-corrected chi connectivity index (χ1v) is 2.29. The molecule has 0 aromatic carbocycles. The summed E-state index contributed by atoms with van der Waals surface area (Å²) in [7, 11) is 0. The topological polar surface area (TPSA) is 38.3 Å². The van der Waals surface area contributed by atoms with Crippen molar-refractivity contribution in [1.82, 2.24) is 5.48 Å². The molecule has 0 aliphatic carbocycles. The molecule has 54 valence electrons. The summed E-state index contributed by atoms with van der Waals surface area (Å²) in [6.07, 6.45) is -2.54. The van der Waals surface area contributed by atoms with E-state index in [0.29, 0.717) is 0 Å². The molecular weight excluding hydrogens is 132 g/mol. The molecule has 0 heterocycles. The molecule has 0 aliphatic heterocycles. The molecule has 0 radical (unpaired) electrons. The van der Waals surface area contributed by atoms with Crippen molar-refractivity contribution in [3.8, 4) is 0 Å². The molecule has 0 saturated carbocycles. The molecule has 0 saturated heterocycles. The van der Waals surface area contributed by atoms with Crippen molar-refractivity contribution in [3.05, 3.63) is 0 Å². The molecule has 0 aromatic rings. The van der Waals surface area contributed by atoms with E-state index in [2.05, 4.69) is 4.84 Å². The lowest BCUT2D eigenvalue weighted by Crippen LogP contribution is -2.23. The van der Waals surface area contributed by atoms with Crippen molar-refractivity contribution < 1.29 is 18.4 Å². The van der Waals surface area contributed by atoms with Gasteiger partial charge in [-0.25, -0.2) is 14.3 Å². The number of amides is 1. The van der Waals surface area contributed by atoms with Crippen molar-refractivity contribution in [2.24, 2.45) is 0 Å². The fourth-order valence-electron chi connectivity index (χ4n) is 0.206. The first-order chi connectivity index (χ1) is 4.13. The molecular formula is C4H7F2NO2. The van der Waals surface area contributed by atoms with Crippen molar-refractivity contribution in [2.75, 3.05) is 6.61 Å². The maximum absolute atomic E-state index is 11.2. The lowest BCUT2D eigenvalue weighted by atomic mass is 10.7. The lowest BCUT2D eigenvalue weighted by Gasteiger charge is -2.00. The molecule has 9 heavy (non-hydrogen) atoms. The number of carbonyl (C=O) groups excluding carboxylic acids is 1. The van der Waals surface area contributed by atoms with E-state index in [1.54, 1.807) is 5.48 Å². The SMILES string of the molecule is CC(=O)NOCC(F)F. The van der Waals surface area contributed by atoms with Gasteiger partial charge in [-0.2, -0.15) is 0 Å². The summed E-state index contributed by atoms with van der Waals surface area (Å²) >= 11 is 0. The van der Waals surface area contributed by atoms with Crippen LogP contribution in [0.4, 0.5) is 8.78 Å². The van der Waals surface area contributed by atoms with Crippen LogP contribution in [-0.4, -0.2) is 18.9 Å². The zero-order chi connectivity index (χ0) is 7.28. The van der Waals surface area contributed by atoms with Crippen LogP contribution in [0.3, 0.4) is 0 Å². The van der Waals surface area contributed by atoms with Gasteiger partial charge in [0.15, 0.2) is 0 Å². The Hall–Kier alpha value is -0.710. The molecule has 0 bridgehead atoms. The molecule has 0 aliphatic rings. The monoisotopic (exact) mass is 139 g/mol. The Kier molecular flexibility index (Phi) is 3.87. The predicted octanol–water partition coefficient (Wildman–Crippen LogP) is 0.319. The highest BCUT2D eigenvalue weighted by Gasteiger charge is 2.01. The van der Waals surface area contributed by atoms with Gasteiger partial charge in [0, 0.05) is 6.92 Å². The summed E-state index contributed by atoms with van der Waals surface area (Å²) in [4.78, 5) is 14.0. The largest absolute Gasteiger partial charge is 0.273 e. The van der Waals surface area contributed by atoms with Gasteiger partial charge in [0.2, 0.25) is 5.91 Å². The van der Waals surface area contributed by atoms with Gasteiger partial charge in [0.25, 0.3) is 6.43 Å². The molecule has 0 aromatic heterocycles. The molecule has 1 N–H and O–H groups in total. The van der Waals surface area contributed by atoms with Crippen LogP contribution in [0.15, 0.2) is 0 Å². The molecule has 5 heteroatoms. The van der Waals surface area contributed by atoms with Gasteiger partial charge < -0.3 is 0 Å². The lowest BCUT2D eigenvalue weighted by molar-refractivity contribution is -0.134. The number of carbonyl (C=O) groups is 1. The van der Waals surface area contributed by atoms with E-state index in [1.807, 2.05) is 0 Å². The van der Waals surface area contributed by atoms with Crippen molar-refractivity contribution >= 4 is 5.91 Å². The highest BCUT2D eigenvalue weighted by atomic mass is 19.3. The number of hydrogen-bond acceptors (Lipinski definition) is 2. The maximum atomic E-state index is 11.2. The summed E-state index contributed by atoms with van der Waals surface area (Å²) in [5.74, 6) is -0.490. The van der Waals surface area contributed by atoms with E-state index in [0.717, 1.165) is 0 Å². The third-order valence-corrected chi connectivity index (χ3v) is 0.425. The van der Waals surface area contributed by atoms with Crippen LogP contribution in [0.1, 0.15) is 6.92 Å². The van der Waals surface area contributed by atoms with E-state index in [1.165, 1.54) is 6.92 Å². The Morgan fingerprint density at radius 3 is 2.67 bits per heavy atom. The number of hydroxylamine groups is 1. The minimum absolute atomic E-state index is 0.490. The van der Waals surface area contributed by atoms with Crippen LogP contribution in [0.5, 0.6) is 0 Å². The first-order valence-electron chi connectivity index (χ1n) is 2.29. The second-order valence-corrected chi connectivity index (χ2v) is 1.36. The smallest absolute Gasteiger partial charge is 0.264 e. The Morgan fingerprint density at radius 1 is 1.78 bits per heavy atom. The van der Waals surface area contributed by atoms with Gasteiger partial charge in [-0.05, 0) is 0 Å². The minimum atomic E-state index is -2.54. The Bertz CT molecular complexity index is 96.6. The van der Waals surface area contributed by atoms with Gasteiger partial charge in [0.1, 0.15) is 6.61 Å². The second kappa shape index (κ2) is 4.20. The molecule has 0 rings (SSSR count). The molecule has 0 spiro atoms. The van der Waals surface area contributed by atoms with Crippen LogP contribution >= 0.6 is 0 Å². The molecule has 0 atom stereocenters. The average Bonchev–Trinajstić information content (AvgIpc) is 1.63. The van der Waals surface area contributed by atoms with Crippen molar-refractivity contribution in [2.45, 2.75) is 13.3 Å². The standard InChI is InChI=1S/C4H7F2NO2/c1-3(8)7-9-2-4(5)6/h4H,2H2,1H3,(H,7,8). The van der Waals surface area contributed by atoms with E-state index in [-0.39, 0.29) is 0 Å². The van der Waals surface area contributed by atoms with E-state index >= 15 is 0 Å². The Morgan fingerprint density at radius 2 is 2.33 bits per heavy atom. The average molecular weight is 139 g/mol. The normalized spacial score (nSPS) is 9.78. The van der Waals surface area contributed by atoms with Gasteiger partial charge >= 0.3 is 0 Å². The number of rotatable bonds is 3. The molecule has 0 unspecified atom stereocenters. The van der Waals surface area contributed by atoms with Gasteiger partial charge in [-0.1, -0.05) is 0 Å². The highest BCUT2D eigenvalue weighted by Crippen LogP contribution is 1.89. The van der Waals surface area contributed by atoms with Crippen LogP contribution in [0, 0.1) is 0 Å². The van der Waals surface area contributed by atoms with Crippen LogP contribution in [0.25, 0.3) is 0 Å². The van der Waals surface area contributed by atoms with Crippen molar-refractivity contribution in [3.63, 3.8) is 0 Å². The summed E-state index contributed by atoms with van der Waals surface area (Å²) in [6.45, 7) is 0.408. The molecule has 3 nitrogen and oxygen atoms in total.